The van der Waals surface area contributed by atoms with Crippen LogP contribution in [-0.4, -0.2) is 45.3 Å². The van der Waals surface area contributed by atoms with Crippen molar-refractivity contribution in [1.29, 1.82) is 5.26 Å². The number of piperidine rings is 1. The number of nitrogens with zero attached hydrogens (tertiary/aromatic N) is 6. The lowest BCUT2D eigenvalue weighted by atomic mass is 9.97. The summed E-state index contributed by atoms with van der Waals surface area (Å²) >= 11 is 0. The lowest BCUT2D eigenvalue weighted by Gasteiger charge is -2.32. The van der Waals surface area contributed by atoms with Gasteiger partial charge in [0, 0.05) is 38.6 Å². The molecule has 0 unspecified atom stereocenters. The summed E-state index contributed by atoms with van der Waals surface area (Å²) in [5.74, 6) is 0.961. The van der Waals surface area contributed by atoms with E-state index in [9.17, 15) is 4.79 Å². The normalized spacial score (nSPS) is 15.0. The lowest BCUT2D eigenvalue weighted by Crippen LogP contribution is -2.39. The number of hydrogen-bond donors (Lipinski definition) is 1. The van der Waals surface area contributed by atoms with E-state index >= 15 is 0 Å². The summed E-state index contributed by atoms with van der Waals surface area (Å²) in [7, 11) is 1.79. The molecule has 25 heavy (non-hydrogen) atoms. The molecule has 0 spiro atoms. The fourth-order valence-corrected chi connectivity index (χ4v) is 2.97. The fraction of sp³-hybridized carbons (Fsp3) is 0.471. The Morgan fingerprint density at radius 2 is 2.16 bits per heavy atom. The van der Waals surface area contributed by atoms with Crippen LogP contribution in [-0.2, 0) is 7.05 Å². The molecule has 1 aliphatic rings. The van der Waals surface area contributed by atoms with Crippen molar-refractivity contribution in [2.24, 2.45) is 13.0 Å². The van der Waals surface area contributed by atoms with Crippen molar-refractivity contribution >= 4 is 11.9 Å². The number of rotatable bonds is 4. The summed E-state index contributed by atoms with van der Waals surface area (Å²) in [5.41, 5.74) is 1.78. The Hall–Kier alpha value is -2.95. The van der Waals surface area contributed by atoms with E-state index in [0.29, 0.717) is 29.7 Å². The number of hydrogen-bond acceptors (Lipinski definition) is 6. The van der Waals surface area contributed by atoms with E-state index in [0.717, 1.165) is 31.6 Å². The monoisotopic (exact) mass is 339 g/mol. The van der Waals surface area contributed by atoms with Crippen LogP contribution in [0.5, 0.6) is 0 Å². The molecule has 0 bridgehead atoms. The molecule has 2 aromatic heterocycles. The van der Waals surface area contributed by atoms with Gasteiger partial charge in [0.2, 0.25) is 5.95 Å². The molecule has 1 fully saturated rings. The van der Waals surface area contributed by atoms with Gasteiger partial charge in [0.05, 0.1) is 11.8 Å². The summed E-state index contributed by atoms with van der Waals surface area (Å²) in [6.45, 7) is 4.16. The number of anilines is 1. The Morgan fingerprint density at radius 3 is 2.80 bits per heavy atom. The van der Waals surface area contributed by atoms with Gasteiger partial charge in [-0.15, -0.1) is 0 Å². The summed E-state index contributed by atoms with van der Waals surface area (Å²) in [5, 5.41) is 16.0. The first kappa shape index (κ1) is 16.9. The number of nitrogens with one attached hydrogen (secondary N) is 1. The Labute approximate surface area is 146 Å². The van der Waals surface area contributed by atoms with Crippen LogP contribution in [0.4, 0.5) is 5.95 Å². The van der Waals surface area contributed by atoms with E-state index in [1.54, 1.807) is 30.2 Å². The van der Waals surface area contributed by atoms with Gasteiger partial charge in [-0.2, -0.15) is 10.4 Å². The number of nitriles is 1. The molecule has 0 aliphatic carbocycles. The predicted octanol–water partition coefficient (Wildman–Crippen LogP) is 1.04. The molecular weight excluding hydrogens is 318 g/mol. The maximum Gasteiger partial charge on any atom is 0.254 e. The van der Waals surface area contributed by atoms with Crippen molar-refractivity contribution in [3.05, 3.63) is 35.4 Å². The molecule has 1 amide bonds. The summed E-state index contributed by atoms with van der Waals surface area (Å²) in [4.78, 5) is 22.9. The molecule has 0 aromatic carbocycles. The Bertz CT molecular complexity index is 800. The predicted molar refractivity (Wildman–Crippen MR) is 92.0 cm³/mol. The Kier molecular flexibility index (Phi) is 4.93. The molecule has 1 N–H and O–H groups in total. The first-order chi connectivity index (χ1) is 12.0. The van der Waals surface area contributed by atoms with Crippen LogP contribution in [0.15, 0.2) is 18.5 Å². The molecule has 8 nitrogen and oxygen atoms in total. The third-order valence-electron chi connectivity index (χ3n) is 4.37. The molecule has 0 saturated carbocycles. The minimum atomic E-state index is -0.0868. The highest BCUT2D eigenvalue weighted by molar-refractivity contribution is 5.93. The SMILES string of the molecule is Cc1cc(C#N)nc(N2CCC(CNC(=O)c3cnn(C)c3)CC2)n1. The zero-order chi connectivity index (χ0) is 17.8. The minimum Gasteiger partial charge on any atom is -0.352 e. The highest BCUT2D eigenvalue weighted by Crippen LogP contribution is 2.20. The van der Waals surface area contributed by atoms with E-state index in [4.69, 9.17) is 5.26 Å². The molecule has 8 heteroatoms. The van der Waals surface area contributed by atoms with Gasteiger partial charge in [0.15, 0.2) is 0 Å². The summed E-state index contributed by atoms with van der Waals surface area (Å²) < 4.78 is 1.62. The largest absolute Gasteiger partial charge is 0.352 e. The van der Waals surface area contributed by atoms with Gasteiger partial charge >= 0.3 is 0 Å². The van der Waals surface area contributed by atoms with E-state index in [1.165, 1.54) is 0 Å². The van der Waals surface area contributed by atoms with Crippen molar-refractivity contribution in [2.45, 2.75) is 19.8 Å². The van der Waals surface area contributed by atoms with Gasteiger partial charge in [0.1, 0.15) is 11.8 Å². The zero-order valence-electron chi connectivity index (χ0n) is 14.4. The molecule has 0 atom stereocenters. The van der Waals surface area contributed by atoms with E-state index in [1.807, 2.05) is 6.92 Å². The Balaban J connectivity index is 1.51. The summed E-state index contributed by atoms with van der Waals surface area (Å²) in [6, 6.07) is 3.76. The van der Waals surface area contributed by atoms with E-state index in [-0.39, 0.29) is 5.91 Å². The highest BCUT2D eigenvalue weighted by Gasteiger charge is 2.22. The van der Waals surface area contributed by atoms with Gasteiger partial charge in [-0.05, 0) is 31.7 Å². The smallest absolute Gasteiger partial charge is 0.254 e. The molecule has 3 rings (SSSR count). The topological polar surface area (TPSA) is 99.7 Å². The average molecular weight is 339 g/mol. The highest BCUT2D eigenvalue weighted by atomic mass is 16.1. The minimum absolute atomic E-state index is 0.0868. The second-order valence-corrected chi connectivity index (χ2v) is 6.35. The third-order valence-corrected chi connectivity index (χ3v) is 4.37. The van der Waals surface area contributed by atoms with Gasteiger partial charge < -0.3 is 10.2 Å². The molecule has 0 radical (unpaired) electrons. The van der Waals surface area contributed by atoms with Crippen LogP contribution in [0.2, 0.25) is 0 Å². The Morgan fingerprint density at radius 1 is 1.40 bits per heavy atom. The first-order valence-electron chi connectivity index (χ1n) is 8.32. The van der Waals surface area contributed by atoms with Crippen molar-refractivity contribution in [3.63, 3.8) is 0 Å². The standard InChI is InChI=1S/C17H21N7O/c1-12-7-15(8-18)22-17(21-12)24-5-3-13(4-6-24)9-19-16(25)14-10-20-23(2)11-14/h7,10-11,13H,3-6,9H2,1-2H3,(H,19,25). The number of carbonyl (C=O) groups is 1. The number of aromatic nitrogens is 4. The van der Waals surface area contributed by atoms with Crippen LogP contribution in [0.3, 0.4) is 0 Å². The number of carbonyl (C=O) groups excluding carboxylic acids is 1. The molecule has 1 aliphatic heterocycles. The molecule has 1 saturated heterocycles. The maximum absolute atomic E-state index is 12.1. The van der Waals surface area contributed by atoms with Gasteiger partial charge in [-0.25, -0.2) is 9.97 Å². The fourth-order valence-electron chi connectivity index (χ4n) is 2.97. The third kappa shape index (κ3) is 4.12. The zero-order valence-corrected chi connectivity index (χ0v) is 14.4. The molecule has 3 heterocycles. The number of amides is 1. The average Bonchev–Trinajstić information content (AvgIpc) is 3.06. The maximum atomic E-state index is 12.1. The van der Waals surface area contributed by atoms with Crippen LogP contribution in [0, 0.1) is 24.2 Å². The number of aryl methyl sites for hydroxylation is 2. The second-order valence-electron chi connectivity index (χ2n) is 6.35. The van der Waals surface area contributed by atoms with Crippen LogP contribution in [0.25, 0.3) is 0 Å². The molecule has 130 valence electrons. The second kappa shape index (κ2) is 7.30. The van der Waals surface area contributed by atoms with E-state index < -0.39 is 0 Å². The summed E-state index contributed by atoms with van der Waals surface area (Å²) in [6.07, 6.45) is 5.18. The molecule has 2 aromatic rings. The first-order valence-corrected chi connectivity index (χ1v) is 8.32. The quantitative estimate of drug-likeness (QED) is 0.893. The van der Waals surface area contributed by atoms with Crippen molar-refractivity contribution < 1.29 is 4.79 Å². The lowest BCUT2D eigenvalue weighted by molar-refractivity contribution is 0.0945. The van der Waals surface area contributed by atoms with E-state index in [2.05, 4.69) is 31.4 Å². The molecular formula is C17H21N7O. The van der Waals surface area contributed by atoms with Crippen molar-refractivity contribution in [1.82, 2.24) is 25.1 Å². The van der Waals surface area contributed by atoms with Gasteiger partial charge in [-0.1, -0.05) is 0 Å². The van der Waals surface area contributed by atoms with Crippen molar-refractivity contribution in [3.8, 4) is 6.07 Å². The van der Waals surface area contributed by atoms with Crippen molar-refractivity contribution in [2.75, 3.05) is 24.5 Å². The van der Waals surface area contributed by atoms with Crippen LogP contribution < -0.4 is 10.2 Å². The van der Waals surface area contributed by atoms with Crippen LogP contribution >= 0.6 is 0 Å². The van der Waals surface area contributed by atoms with Gasteiger partial charge in [-0.3, -0.25) is 9.48 Å². The van der Waals surface area contributed by atoms with Crippen LogP contribution in [0.1, 0.15) is 34.6 Å². The van der Waals surface area contributed by atoms with Gasteiger partial charge in [0.25, 0.3) is 5.91 Å².